The van der Waals surface area contributed by atoms with Crippen molar-refractivity contribution in [2.75, 3.05) is 0 Å². The van der Waals surface area contributed by atoms with Gasteiger partial charge in [0.25, 0.3) is 5.56 Å². The molecule has 30 heavy (non-hydrogen) atoms. The molecule has 2 heterocycles. The van der Waals surface area contributed by atoms with Crippen LogP contribution in [0.4, 0.5) is 0 Å². The zero-order chi connectivity index (χ0) is 21.3. The molecule has 0 aliphatic heterocycles. The third-order valence-corrected chi connectivity index (χ3v) is 5.35. The molecule has 0 saturated carbocycles. The summed E-state index contributed by atoms with van der Waals surface area (Å²) in [7, 11) is 0. The Bertz CT molecular complexity index is 1310. The molecule has 0 bridgehead atoms. The monoisotopic (exact) mass is 442 g/mol. The van der Waals surface area contributed by atoms with Crippen molar-refractivity contribution in [2.45, 2.75) is 20.0 Å². The number of halogens is 2. The zero-order valence-corrected chi connectivity index (χ0v) is 17.4. The molecule has 0 unspecified atom stereocenters. The summed E-state index contributed by atoms with van der Waals surface area (Å²) in [6.45, 7) is 1.95. The van der Waals surface area contributed by atoms with Crippen LogP contribution >= 0.6 is 23.2 Å². The van der Waals surface area contributed by atoms with Crippen molar-refractivity contribution in [2.24, 2.45) is 0 Å². The van der Waals surface area contributed by atoms with Crippen molar-refractivity contribution in [3.8, 4) is 5.69 Å². The van der Waals surface area contributed by atoms with Gasteiger partial charge in [-0.2, -0.15) is 4.68 Å². The number of nitrogens with one attached hydrogen (secondary N) is 1. The van der Waals surface area contributed by atoms with Crippen molar-refractivity contribution in [3.05, 3.63) is 80.3 Å². The van der Waals surface area contributed by atoms with Crippen molar-refractivity contribution < 1.29 is 4.79 Å². The zero-order valence-electron chi connectivity index (χ0n) is 15.8. The first-order chi connectivity index (χ1) is 14.4. The predicted molar refractivity (Wildman–Crippen MR) is 114 cm³/mol. The van der Waals surface area contributed by atoms with Gasteiger partial charge in [0.1, 0.15) is 12.9 Å². The Balaban J connectivity index is 1.55. The number of fused-ring (bicyclic) bond motifs is 1. The maximum atomic E-state index is 12.7. The molecule has 1 amide bonds. The molecule has 0 saturated heterocycles. The Kier molecular flexibility index (Phi) is 5.52. The highest BCUT2D eigenvalue weighted by Crippen LogP contribution is 2.20. The fourth-order valence-electron chi connectivity index (χ4n) is 2.89. The molecule has 1 N–H and O–H groups in total. The van der Waals surface area contributed by atoms with Gasteiger partial charge in [0.2, 0.25) is 5.91 Å². The number of hydrogen-bond acceptors (Lipinski definition) is 5. The molecule has 4 aromatic rings. The molecule has 4 rings (SSSR count). The van der Waals surface area contributed by atoms with Crippen LogP contribution in [0.1, 0.15) is 11.1 Å². The smallest absolute Gasteiger partial charge is 0.284 e. The first-order valence-corrected chi connectivity index (χ1v) is 9.77. The van der Waals surface area contributed by atoms with E-state index >= 15 is 0 Å². The van der Waals surface area contributed by atoms with Crippen LogP contribution in [-0.4, -0.2) is 30.5 Å². The number of benzene rings is 2. The first kappa shape index (κ1) is 20.1. The number of rotatable bonds is 5. The number of amides is 1. The van der Waals surface area contributed by atoms with Gasteiger partial charge in [-0.05, 0) is 36.2 Å². The van der Waals surface area contributed by atoms with Crippen LogP contribution < -0.4 is 10.9 Å². The Labute approximate surface area is 181 Å². The Morgan fingerprint density at radius 3 is 2.70 bits per heavy atom. The van der Waals surface area contributed by atoms with Crippen LogP contribution in [0.15, 0.2) is 53.6 Å². The Hall–Kier alpha value is -3.23. The summed E-state index contributed by atoms with van der Waals surface area (Å²) in [5.41, 5.74) is 2.23. The average molecular weight is 443 g/mol. The fourth-order valence-corrected chi connectivity index (χ4v) is 3.27. The van der Waals surface area contributed by atoms with Crippen LogP contribution in [0, 0.1) is 6.92 Å². The molecule has 152 valence electrons. The van der Waals surface area contributed by atoms with E-state index in [1.807, 2.05) is 37.3 Å². The number of nitrogens with zero attached hydrogens (tertiary/aromatic N) is 5. The van der Waals surface area contributed by atoms with Gasteiger partial charge >= 0.3 is 0 Å². The molecule has 10 heteroatoms. The van der Waals surface area contributed by atoms with E-state index in [9.17, 15) is 9.59 Å². The molecule has 0 fully saturated rings. The van der Waals surface area contributed by atoms with E-state index in [2.05, 4.69) is 20.6 Å². The quantitative estimate of drug-likeness (QED) is 0.512. The molecule has 0 atom stereocenters. The normalized spacial score (nSPS) is 11.0. The van der Waals surface area contributed by atoms with Gasteiger partial charge in [-0.1, -0.05) is 52.7 Å². The molecular weight excluding hydrogens is 427 g/mol. The molecule has 2 aromatic heterocycles. The topological polar surface area (TPSA) is 94.7 Å². The number of aromatic nitrogens is 5. The highest BCUT2D eigenvalue weighted by atomic mass is 35.5. The van der Waals surface area contributed by atoms with Crippen LogP contribution in [0.2, 0.25) is 10.0 Å². The average Bonchev–Trinajstić information content (AvgIpc) is 3.16. The minimum absolute atomic E-state index is 0.0631. The van der Waals surface area contributed by atoms with Gasteiger partial charge in [-0.3, -0.25) is 14.2 Å². The lowest BCUT2D eigenvalue weighted by molar-refractivity contribution is -0.121. The van der Waals surface area contributed by atoms with Crippen LogP contribution in [-0.2, 0) is 17.9 Å². The van der Waals surface area contributed by atoms with Crippen LogP contribution in [0.3, 0.4) is 0 Å². The van der Waals surface area contributed by atoms with E-state index in [-0.39, 0.29) is 30.2 Å². The van der Waals surface area contributed by atoms with E-state index in [1.165, 1.54) is 15.6 Å². The lowest BCUT2D eigenvalue weighted by atomic mass is 10.2. The molecule has 0 aliphatic carbocycles. The van der Waals surface area contributed by atoms with Crippen molar-refractivity contribution >= 4 is 40.3 Å². The second kappa shape index (κ2) is 8.25. The SMILES string of the molecule is Cc1ccc(-n2nnc3c(=O)n(CC(=O)NCc4ccccc4Cl)cnc32)cc1Cl. The van der Waals surface area contributed by atoms with E-state index in [0.29, 0.717) is 15.7 Å². The van der Waals surface area contributed by atoms with Gasteiger partial charge in [-0.25, -0.2) is 4.98 Å². The largest absolute Gasteiger partial charge is 0.350 e. The first-order valence-electron chi connectivity index (χ1n) is 9.01. The lowest BCUT2D eigenvalue weighted by Crippen LogP contribution is -2.32. The van der Waals surface area contributed by atoms with Crippen molar-refractivity contribution in [3.63, 3.8) is 0 Å². The van der Waals surface area contributed by atoms with Gasteiger partial charge in [0, 0.05) is 16.6 Å². The van der Waals surface area contributed by atoms with E-state index in [0.717, 1.165) is 11.1 Å². The summed E-state index contributed by atoms with van der Waals surface area (Å²) < 4.78 is 2.62. The standard InChI is InChI=1S/C20H16Cl2N6O2/c1-12-6-7-14(8-16(12)22)28-19-18(25-26-28)20(30)27(11-24-19)10-17(29)23-9-13-4-2-3-5-15(13)21/h2-8,11H,9-10H2,1H3,(H,23,29). The number of carbonyl (C=O) groups is 1. The van der Waals surface area contributed by atoms with Gasteiger partial charge in [-0.15, -0.1) is 5.10 Å². The van der Waals surface area contributed by atoms with Gasteiger partial charge in [0.05, 0.1) is 5.69 Å². The molecule has 0 spiro atoms. The summed E-state index contributed by atoms with van der Waals surface area (Å²) in [5, 5.41) is 11.8. The summed E-state index contributed by atoms with van der Waals surface area (Å²) in [6.07, 6.45) is 1.30. The lowest BCUT2D eigenvalue weighted by Gasteiger charge is -2.08. The third-order valence-electron chi connectivity index (χ3n) is 4.58. The molecular formula is C20H16Cl2N6O2. The highest BCUT2D eigenvalue weighted by molar-refractivity contribution is 6.31. The van der Waals surface area contributed by atoms with Gasteiger partial charge in [0.15, 0.2) is 11.2 Å². The highest BCUT2D eigenvalue weighted by Gasteiger charge is 2.15. The second-order valence-electron chi connectivity index (χ2n) is 6.65. The number of hydrogen-bond donors (Lipinski definition) is 1. The van der Waals surface area contributed by atoms with Gasteiger partial charge < -0.3 is 5.32 Å². The third kappa shape index (κ3) is 3.92. The number of aryl methyl sites for hydroxylation is 1. The summed E-state index contributed by atoms with van der Waals surface area (Å²) in [6, 6.07) is 12.6. The van der Waals surface area contributed by atoms with Crippen molar-refractivity contribution in [1.82, 2.24) is 29.9 Å². The van der Waals surface area contributed by atoms with E-state index in [4.69, 9.17) is 23.2 Å². The minimum Gasteiger partial charge on any atom is -0.350 e. The molecule has 0 aliphatic rings. The fraction of sp³-hybridized carbons (Fsp3) is 0.150. The Morgan fingerprint density at radius 2 is 1.93 bits per heavy atom. The minimum atomic E-state index is -0.461. The summed E-state index contributed by atoms with van der Waals surface area (Å²) in [4.78, 5) is 29.3. The van der Waals surface area contributed by atoms with Crippen LogP contribution in [0.5, 0.6) is 0 Å². The summed E-state index contributed by atoms with van der Waals surface area (Å²) >= 11 is 12.3. The molecule has 2 aromatic carbocycles. The number of carbonyl (C=O) groups excluding carboxylic acids is 1. The molecule has 8 nitrogen and oxygen atoms in total. The maximum absolute atomic E-state index is 12.7. The van der Waals surface area contributed by atoms with Crippen molar-refractivity contribution in [1.29, 1.82) is 0 Å². The molecule has 0 radical (unpaired) electrons. The second-order valence-corrected chi connectivity index (χ2v) is 7.47. The predicted octanol–water partition coefficient (Wildman–Crippen LogP) is 2.91. The van der Waals surface area contributed by atoms with Crippen LogP contribution in [0.25, 0.3) is 16.9 Å². The summed E-state index contributed by atoms with van der Waals surface area (Å²) in [5.74, 6) is -0.351. The van der Waals surface area contributed by atoms with E-state index < -0.39 is 5.56 Å². The Morgan fingerprint density at radius 1 is 1.13 bits per heavy atom. The maximum Gasteiger partial charge on any atom is 0.284 e. The van der Waals surface area contributed by atoms with E-state index in [1.54, 1.807) is 12.1 Å².